The van der Waals surface area contributed by atoms with Gasteiger partial charge in [0, 0.05) is 25.5 Å². The van der Waals surface area contributed by atoms with Gasteiger partial charge in [0.25, 0.3) is 11.9 Å². The summed E-state index contributed by atoms with van der Waals surface area (Å²) in [6, 6.07) is 8.39. The quantitative estimate of drug-likeness (QED) is 0.683. The van der Waals surface area contributed by atoms with Crippen LogP contribution < -0.4 is 5.32 Å². The number of benzene rings is 1. The first kappa shape index (κ1) is 19.8. The molecule has 160 valence electrons. The van der Waals surface area contributed by atoms with Gasteiger partial charge in [-0.3, -0.25) is 4.79 Å². The van der Waals surface area contributed by atoms with E-state index in [1.54, 1.807) is 18.0 Å². The molecule has 0 radical (unpaired) electrons. The molecule has 1 aliphatic heterocycles. The van der Waals surface area contributed by atoms with Crippen LogP contribution in [0.2, 0.25) is 0 Å². The Morgan fingerprint density at radius 2 is 2.13 bits per heavy atom. The molecule has 2 aromatic heterocycles. The Hall–Kier alpha value is -3.10. The fourth-order valence-electron chi connectivity index (χ4n) is 4.28. The number of carbonyl (C=O) groups is 1. The van der Waals surface area contributed by atoms with Crippen molar-refractivity contribution in [3.8, 4) is 17.2 Å². The van der Waals surface area contributed by atoms with Crippen molar-refractivity contribution in [3.05, 3.63) is 59.0 Å². The maximum atomic E-state index is 12.9. The molecule has 2 aliphatic rings. The third-order valence-electron chi connectivity index (χ3n) is 5.87. The number of amides is 1. The normalized spacial score (nSPS) is 17.6. The molecule has 0 spiro atoms. The number of rotatable bonds is 5. The minimum Gasteiger partial charge on any atom is -0.379 e. The number of fused-ring (bicyclic) bond motifs is 3. The summed E-state index contributed by atoms with van der Waals surface area (Å²) in [6.07, 6.45) is 7.28. The van der Waals surface area contributed by atoms with E-state index in [1.807, 2.05) is 12.3 Å². The van der Waals surface area contributed by atoms with Crippen molar-refractivity contribution < 1.29 is 14.3 Å². The van der Waals surface area contributed by atoms with Gasteiger partial charge in [-0.2, -0.15) is 9.78 Å². The molecule has 5 rings (SSSR count). The zero-order valence-electron chi connectivity index (χ0n) is 17.5. The number of ether oxygens (including phenoxy) is 2. The van der Waals surface area contributed by atoms with Gasteiger partial charge in [0.05, 0.1) is 42.4 Å². The number of aromatic nitrogens is 4. The van der Waals surface area contributed by atoms with Crippen molar-refractivity contribution >= 4 is 5.91 Å². The summed E-state index contributed by atoms with van der Waals surface area (Å²) in [5.41, 5.74) is 5.59. The molecule has 1 aromatic carbocycles. The van der Waals surface area contributed by atoms with E-state index < -0.39 is 0 Å². The van der Waals surface area contributed by atoms with Crippen LogP contribution in [0.5, 0.6) is 0 Å². The molecule has 8 heteroatoms. The Balaban J connectivity index is 1.53. The van der Waals surface area contributed by atoms with Crippen LogP contribution in [-0.2, 0) is 28.9 Å². The van der Waals surface area contributed by atoms with E-state index in [0.717, 1.165) is 42.5 Å². The molecule has 0 saturated carbocycles. The lowest BCUT2D eigenvalue weighted by atomic mass is 10.0. The van der Waals surface area contributed by atoms with Crippen molar-refractivity contribution in [2.24, 2.45) is 0 Å². The lowest BCUT2D eigenvalue weighted by Crippen LogP contribution is -2.35. The molecular formula is C23H25N5O3. The van der Waals surface area contributed by atoms with Crippen molar-refractivity contribution in [3.63, 3.8) is 0 Å². The fourth-order valence-corrected chi connectivity index (χ4v) is 4.28. The second kappa shape index (κ2) is 8.56. The second-order valence-corrected chi connectivity index (χ2v) is 7.94. The smallest absolute Gasteiger partial charge is 0.255 e. The number of aryl methyl sites for hydroxylation is 2. The monoisotopic (exact) mass is 419 g/mol. The number of nitrogens with one attached hydrogen (secondary N) is 1. The van der Waals surface area contributed by atoms with Crippen LogP contribution in [0.3, 0.4) is 0 Å². The number of hydrogen-bond acceptors (Lipinski definition) is 6. The SMILES string of the molecule is COCc1c(C(=O)NC2CCOC2)cnn1-c1ncc2c(n1)-c1ccccc1CCC2. The van der Waals surface area contributed by atoms with Crippen LogP contribution in [0.1, 0.15) is 40.0 Å². The predicted molar refractivity (Wildman–Crippen MR) is 114 cm³/mol. The topological polar surface area (TPSA) is 91.2 Å². The Morgan fingerprint density at radius 1 is 1.26 bits per heavy atom. The van der Waals surface area contributed by atoms with Crippen LogP contribution in [-0.4, -0.2) is 52.0 Å². The highest BCUT2D eigenvalue weighted by molar-refractivity contribution is 5.95. The number of carbonyl (C=O) groups excluding carboxylic acids is 1. The minimum absolute atomic E-state index is 0.0199. The van der Waals surface area contributed by atoms with Crippen LogP contribution >= 0.6 is 0 Å². The molecule has 1 N–H and O–H groups in total. The van der Waals surface area contributed by atoms with Crippen LogP contribution in [0, 0.1) is 0 Å². The van der Waals surface area contributed by atoms with E-state index in [-0.39, 0.29) is 18.6 Å². The molecule has 1 unspecified atom stereocenters. The Labute approximate surface area is 180 Å². The highest BCUT2D eigenvalue weighted by Crippen LogP contribution is 2.31. The molecular weight excluding hydrogens is 394 g/mol. The van der Waals surface area contributed by atoms with E-state index >= 15 is 0 Å². The van der Waals surface area contributed by atoms with E-state index in [2.05, 4.69) is 33.6 Å². The van der Waals surface area contributed by atoms with Crippen molar-refractivity contribution in [1.82, 2.24) is 25.1 Å². The standard InChI is InChI=1S/C23H25N5O3/c1-30-14-20-19(22(29)26-17-9-10-31-13-17)12-25-28(20)23-24-11-16-7-4-6-15-5-2-3-8-18(15)21(16)27-23/h2-3,5,8,11-12,17H,4,6-7,9-10,13-14H2,1H3,(H,26,29). The molecule has 3 aromatic rings. The number of methoxy groups -OCH3 is 1. The highest BCUT2D eigenvalue weighted by Gasteiger charge is 2.25. The summed E-state index contributed by atoms with van der Waals surface area (Å²) in [4.78, 5) is 22.3. The van der Waals surface area contributed by atoms with Crippen molar-refractivity contribution in [2.75, 3.05) is 20.3 Å². The molecule has 3 heterocycles. The first-order valence-corrected chi connectivity index (χ1v) is 10.6. The summed E-state index contributed by atoms with van der Waals surface area (Å²) in [5, 5.41) is 7.46. The van der Waals surface area contributed by atoms with E-state index in [9.17, 15) is 4.79 Å². The van der Waals surface area contributed by atoms with Crippen molar-refractivity contribution in [1.29, 1.82) is 0 Å². The van der Waals surface area contributed by atoms with Gasteiger partial charge >= 0.3 is 0 Å². The Morgan fingerprint density at radius 3 is 2.97 bits per heavy atom. The summed E-state index contributed by atoms with van der Waals surface area (Å²) < 4.78 is 12.3. The van der Waals surface area contributed by atoms with E-state index in [0.29, 0.717) is 30.4 Å². The molecule has 1 atom stereocenters. The molecule has 8 nitrogen and oxygen atoms in total. The Bertz CT molecular complexity index is 1100. The van der Waals surface area contributed by atoms with Gasteiger partial charge in [0.2, 0.25) is 0 Å². The summed E-state index contributed by atoms with van der Waals surface area (Å²) in [6.45, 7) is 1.42. The summed E-state index contributed by atoms with van der Waals surface area (Å²) in [7, 11) is 1.60. The summed E-state index contributed by atoms with van der Waals surface area (Å²) in [5.74, 6) is 0.250. The average molecular weight is 419 g/mol. The second-order valence-electron chi connectivity index (χ2n) is 7.94. The maximum absolute atomic E-state index is 12.9. The van der Waals surface area contributed by atoms with Gasteiger partial charge in [-0.1, -0.05) is 24.3 Å². The number of nitrogens with zero attached hydrogens (tertiary/aromatic N) is 4. The average Bonchev–Trinajstić information content (AvgIpc) is 3.40. The molecule has 1 fully saturated rings. The third kappa shape index (κ3) is 3.84. The summed E-state index contributed by atoms with van der Waals surface area (Å²) >= 11 is 0. The lowest BCUT2D eigenvalue weighted by Gasteiger charge is -2.13. The third-order valence-corrected chi connectivity index (χ3v) is 5.87. The zero-order chi connectivity index (χ0) is 21.2. The van der Waals surface area contributed by atoms with Gasteiger partial charge in [-0.25, -0.2) is 9.97 Å². The molecule has 0 bridgehead atoms. The molecule has 1 saturated heterocycles. The molecule has 1 amide bonds. The van der Waals surface area contributed by atoms with E-state index in [4.69, 9.17) is 14.5 Å². The Kier molecular flexibility index (Phi) is 5.48. The van der Waals surface area contributed by atoms with Gasteiger partial charge in [-0.05, 0) is 36.8 Å². The first-order valence-electron chi connectivity index (χ1n) is 10.6. The first-order chi connectivity index (χ1) is 15.2. The highest BCUT2D eigenvalue weighted by atomic mass is 16.5. The zero-order valence-corrected chi connectivity index (χ0v) is 17.5. The largest absolute Gasteiger partial charge is 0.379 e. The van der Waals surface area contributed by atoms with Gasteiger partial charge in [0.1, 0.15) is 0 Å². The van der Waals surface area contributed by atoms with Crippen LogP contribution in [0.25, 0.3) is 17.2 Å². The van der Waals surface area contributed by atoms with Gasteiger partial charge in [-0.15, -0.1) is 0 Å². The fraction of sp³-hybridized carbons (Fsp3) is 0.391. The van der Waals surface area contributed by atoms with Crippen molar-refractivity contribution in [2.45, 2.75) is 38.3 Å². The van der Waals surface area contributed by atoms with Gasteiger partial charge < -0.3 is 14.8 Å². The maximum Gasteiger partial charge on any atom is 0.255 e. The van der Waals surface area contributed by atoms with E-state index in [1.165, 1.54) is 5.56 Å². The predicted octanol–water partition coefficient (Wildman–Crippen LogP) is 2.48. The van der Waals surface area contributed by atoms with Gasteiger partial charge in [0.15, 0.2) is 0 Å². The minimum atomic E-state index is -0.186. The molecule has 31 heavy (non-hydrogen) atoms. The van der Waals surface area contributed by atoms with Crippen LogP contribution in [0.4, 0.5) is 0 Å². The lowest BCUT2D eigenvalue weighted by molar-refractivity contribution is 0.0924. The molecule has 1 aliphatic carbocycles. The van der Waals surface area contributed by atoms with Crippen LogP contribution in [0.15, 0.2) is 36.7 Å². The number of hydrogen-bond donors (Lipinski definition) is 1.